The third-order valence-electron chi connectivity index (χ3n) is 1.42. The summed E-state index contributed by atoms with van der Waals surface area (Å²) < 4.78 is 5.13. The molecule has 0 aliphatic rings. The molecule has 0 aromatic heterocycles. The number of aliphatic hydroxyl groups excluding tert-OH is 1. The molecule has 2 N–H and O–H groups in total. The first-order chi connectivity index (χ1) is 5.81. The smallest absolute Gasteiger partial charge is 0.219 e. The highest BCUT2D eigenvalue weighted by atomic mass is 16.5. The summed E-state index contributed by atoms with van der Waals surface area (Å²) >= 11 is 0. The Balaban J connectivity index is 2.95. The zero-order valence-electron chi connectivity index (χ0n) is 7.51. The Morgan fingerprint density at radius 3 is 2.67 bits per heavy atom. The lowest BCUT2D eigenvalue weighted by atomic mass is 10.3. The molecule has 0 radical (unpaired) electrons. The second kappa shape index (κ2) is 8.49. The molecule has 0 aromatic rings. The number of carbonyl (C=O) groups excluding carboxylic acids is 1. The van der Waals surface area contributed by atoms with E-state index in [-0.39, 0.29) is 12.5 Å². The van der Waals surface area contributed by atoms with Crippen molar-refractivity contribution in [1.29, 1.82) is 0 Å². The molecule has 0 rings (SSSR count). The van der Waals surface area contributed by atoms with Crippen LogP contribution in [-0.4, -0.2) is 37.9 Å². The topological polar surface area (TPSA) is 58.6 Å². The zero-order chi connectivity index (χ0) is 9.23. The van der Waals surface area contributed by atoms with E-state index in [4.69, 9.17) is 9.84 Å². The van der Waals surface area contributed by atoms with Gasteiger partial charge in [-0.2, -0.15) is 0 Å². The zero-order valence-corrected chi connectivity index (χ0v) is 7.51. The van der Waals surface area contributed by atoms with E-state index in [1.54, 1.807) is 7.05 Å². The molecule has 0 saturated heterocycles. The van der Waals surface area contributed by atoms with E-state index in [1.165, 1.54) is 0 Å². The van der Waals surface area contributed by atoms with Crippen LogP contribution in [0.1, 0.15) is 19.3 Å². The molecule has 4 nitrogen and oxygen atoms in total. The molecule has 0 spiro atoms. The normalized spacial score (nSPS) is 9.83. The van der Waals surface area contributed by atoms with Crippen molar-refractivity contribution in [1.82, 2.24) is 5.32 Å². The van der Waals surface area contributed by atoms with E-state index in [9.17, 15) is 4.79 Å². The summed E-state index contributed by atoms with van der Waals surface area (Å²) in [6, 6.07) is 0. The third-order valence-corrected chi connectivity index (χ3v) is 1.42. The summed E-state index contributed by atoms with van der Waals surface area (Å²) in [5, 5.41) is 10.9. The summed E-state index contributed by atoms with van der Waals surface area (Å²) in [5.74, 6) is 0.0424. The fraction of sp³-hybridized carbons (Fsp3) is 0.875. The van der Waals surface area contributed by atoms with Crippen molar-refractivity contribution in [2.24, 2.45) is 0 Å². The Morgan fingerprint density at radius 2 is 2.08 bits per heavy atom. The second-order valence-electron chi connectivity index (χ2n) is 2.47. The average Bonchev–Trinajstić information content (AvgIpc) is 2.10. The molecule has 0 heterocycles. The average molecular weight is 175 g/mol. The third kappa shape index (κ3) is 7.50. The lowest BCUT2D eigenvalue weighted by Gasteiger charge is -2.01. The van der Waals surface area contributed by atoms with Crippen LogP contribution in [0.25, 0.3) is 0 Å². The van der Waals surface area contributed by atoms with Crippen molar-refractivity contribution in [2.75, 3.05) is 26.9 Å². The van der Waals surface area contributed by atoms with Crippen molar-refractivity contribution >= 4 is 5.91 Å². The number of nitrogens with one attached hydrogen (secondary N) is 1. The van der Waals surface area contributed by atoms with Crippen LogP contribution in [0.3, 0.4) is 0 Å². The van der Waals surface area contributed by atoms with Crippen LogP contribution in [0, 0.1) is 0 Å². The molecule has 0 unspecified atom stereocenters. The van der Waals surface area contributed by atoms with Gasteiger partial charge >= 0.3 is 0 Å². The molecular formula is C8H17NO3. The molecule has 4 heteroatoms. The van der Waals surface area contributed by atoms with Crippen LogP contribution in [-0.2, 0) is 9.53 Å². The predicted molar refractivity (Wildman–Crippen MR) is 45.8 cm³/mol. The monoisotopic (exact) mass is 175 g/mol. The molecule has 0 aliphatic heterocycles. The molecule has 0 aliphatic carbocycles. The van der Waals surface area contributed by atoms with Gasteiger partial charge in [0.2, 0.25) is 5.91 Å². The summed E-state index contributed by atoms with van der Waals surface area (Å²) in [6.45, 7) is 1.33. The van der Waals surface area contributed by atoms with Crippen molar-refractivity contribution in [3.05, 3.63) is 0 Å². The first kappa shape index (κ1) is 11.4. The Bertz CT molecular complexity index is 117. The number of hydrogen-bond donors (Lipinski definition) is 2. The van der Waals surface area contributed by atoms with Gasteiger partial charge in [-0.3, -0.25) is 4.79 Å². The van der Waals surface area contributed by atoms with E-state index in [1.807, 2.05) is 0 Å². The fourth-order valence-electron chi connectivity index (χ4n) is 0.728. The van der Waals surface area contributed by atoms with Gasteiger partial charge in [-0.15, -0.1) is 0 Å². The molecule has 0 atom stereocenters. The van der Waals surface area contributed by atoms with Gasteiger partial charge in [0.25, 0.3) is 0 Å². The maximum atomic E-state index is 10.7. The molecule has 0 aromatic carbocycles. The van der Waals surface area contributed by atoms with Gasteiger partial charge in [-0.25, -0.2) is 0 Å². The van der Waals surface area contributed by atoms with E-state index in [2.05, 4.69) is 5.32 Å². The molecule has 12 heavy (non-hydrogen) atoms. The number of amides is 1. The largest absolute Gasteiger partial charge is 0.396 e. The molecule has 0 fully saturated rings. The highest BCUT2D eigenvalue weighted by molar-refractivity contribution is 5.75. The van der Waals surface area contributed by atoms with Crippen LogP contribution in [0.4, 0.5) is 0 Å². The van der Waals surface area contributed by atoms with Crippen LogP contribution in [0.5, 0.6) is 0 Å². The van der Waals surface area contributed by atoms with Crippen LogP contribution in [0.15, 0.2) is 0 Å². The quantitative estimate of drug-likeness (QED) is 0.532. The minimum absolute atomic E-state index is 0.0424. The summed E-state index contributed by atoms with van der Waals surface area (Å²) in [5.41, 5.74) is 0. The van der Waals surface area contributed by atoms with Crippen LogP contribution >= 0.6 is 0 Å². The molecule has 72 valence electrons. The number of carbonyl (C=O) groups is 1. The maximum absolute atomic E-state index is 10.7. The number of rotatable bonds is 7. The van der Waals surface area contributed by atoms with E-state index < -0.39 is 0 Å². The van der Waals surface area contributed by atoms with Crippen molar-refractivity contribution in [2.45, 2.75) is 19.3 Å². The van der Waals surface area contributed by atoms with Crippen molar-refractivity contribution in [3.63, 3.8) is 0 Å². The highest BCUT2D eigenvalue weighted by Gasteiger charge is 1.96. The summed E-state index contributed by atoms with van der Waals surface area (Å²) in [7, 11) is 1.62. The molecule has 1 amide bonds. The highest BCUT2D eigenvalue weighted by Crippen LogP contribution is 1.90. The van der Waals surface area contributed by atoms with E-state index in [0.717, 1.165) is 6.42 Å². The Labute approximate surface area is 72.9 Å². The molecule has 0 bridgehead atoms. The number of ether oxygens (including phenoxy) is 1. The van der Waals surface area contributed by atoms with Gasteiger partial charge in [0.1, 0.15) is 0 Å². The Hall–Kier alpha value is -0.610. The lowest BCUT2D eigenvalue weighted by molar-refractivity contribution is -0.120. The first-order valence-electron chi connectivity index (χ1n) is 4.20. The van der Waals surface area contributed by atoms with Crippen LogP contribution in [0.2, 0.25) is 0 Å². The fourth-order valence-corrected chi connectivity index (χ4v) is 0.728. The Morgan fingerprint density at radius 1 is 1.42 bits per heavy atom. The number of aliphatic hydroxyl groups is 1. The minimum Gasteiger partial charge on any atom is -0.396 e. The standard InChI is InChI=1S/C8H17NO3/c1-9-8(11)4-2-6-12-7-3-5-10/h10H,2-7H2,1H3,(H,9,11). The lowest BCUT2D eigenvalue weighted by Crippen LogP contribution is -2.17. The van der Waals surface area contributed by atoms with Gasteiger partial charge < -0.3 is 15.2 Å². The van der Waals surface area contributed by atoms with Gasteiger partial charge in [-0.05, 0) is 12.8 Å². The SMILES string of the molecule is CNC(=O)CCCOCCCO. The summed E-state index contributed by atoms with van der Waals surface area (Å²) in [4.78, 5) is 10.7. The molecule has 0 saturated carbocycles. The van der Waals surface area contributed by atoms with Gasteiger partial charge in [0.15, 0.2) is 0 Å². The first-order valence-corrected chi connectivity index (χ1v) is 4.20. The van der Waals surface area contributed by atoms with E-state index in [0.29, 0.717) is 26.1 Å². The minimum atomic E-state index is 0.0424. The number of hydrogen-bond acceptors (Lipinski definition) is 3. The van der Waals surface area contributed by atoms with Crippen LogP contribution < -0.4 is 5.32 Å². The predicted octanol–water partition coefficient (Wildman–Crippen LogP) is -0.0884. The Kier molecular flexibility index (Phi) is 8.05. The molecular weight excluding hydrogens is 158 g/mol. The van der Waals surface area contributed by atoms with Gasteiger partial charge in [0.05, 0.1) is 0 Å². The van der Waals surface area contributed by atoms with Crippen molar-refractivity contribution in [3.8, 4) is 0 Å². The van der Waals surface area contributed by atoms with E-state index >= 15 is 0 Å². The second-order valence-corrected chi connectivity index (χ2v) is 2.47. The summed E-state index contributed by atoms with van der Waals surface area (Å²) in [6.07, 6.45) is 1.92. The maximum Gasteiger partial charge on any atom is 0.219 e. The van der Waals surface area contributed by atoms with Crippen molar-refractivity contribution < 1.29 is 14.6 Å². The van der Waals surface area contributed by atoms with Gasteiger partial charge in [-0.1, -0.05) is 0 Å². The van der Waals surface area contributed by atoms with Gasteiger partial charge in [0, 0.05) is 33.3 Å².